The Hall–Kier alpha value is -2.74. The number of nitrogens with zero attached hydrogens (tertiary/aromatic N) is 1. The molecule has 3 aromatic rings. The maximum absolute atomic E-state index is 12.5. The minimum Gasteiger partial charge on any atom is -0.287 e. The number of aromatic nitrogens is 1. The Balaban J connectivity index is 1.65. The summed E-state index contributed by atoms with van der Waals surface area (Å²) in [7, 11) is 0. The van der Waals surface area contributed by atoms with Crippen LogP contribution in [0.3, 0.4) is 0 Å². The van der Waals surface area contributed by atoms with Crippen LogP contribution in [0.5, 0.6) is 0 Å². The molecule has 23 heavy (non-hydrogen) atoms. The van der Waals surface area contributed by atoms with Gasteiger partial charge in [-0.1, -0.05) is 42.5 Å². The monoisotopic (exact) mass is 300 g/mol. The van der Waals surface area contributed by atoms with E-state index in [0.29, 0.717) is 6.54 Å². The Bertz CT molecular complexity index is 868. The Kier molecular flexibility index (Phi) is 3.51. The maximum Gasteiger partial charge on any atom is 0.227 e. The van der Waals surface area contributed by atoms with Crippen molar-refractivity contribution in [3.63, 3.8) is 0 Å². The highest BCUT2D eigenvalue weighted by molar-refractivity contribution is 5.96. The van der Waals surface area contributed by atoms with Crippen LogP contribution in [0.4, 0.5) is 0 Å². The first-order chi connectivity index (χ1) is 11.3. The van der Waals surface area contributed by atoms with E-state index in [-0.39, 0.29) is 5.78 Å². The molecule has 0 bridgehead atoms. The third-order valence-corrected chi connectivity index (χ3v) is 4.50. The second kappa shape index (κ2) is 5.81. The van der Waals surface area contributed by atoms with E-state index < -0.39 is 0 Å². The lowest BCUT2D eigenvalue weighted by atomic mass is 9.84. The number of Topliss-reactive ketones (excluding diaryl/α,β-unsaturated/α-hetero) is 1. The molecule has 1 heterocycles. The van der Waals surface area contributed by atoms with Crippen LogP contribution in [0.1, 0.15) is 21.5 Å². The van der Waals surface area contributed by atoms with Gasteiger partial charge in [0, 0.05) is 17.7 Å². The molecule has 0 N–H and O–H groups in total. The average molecular weight is 300 g/mol. The summed E-state index contributed by atoms with van der Waals surface area (Å²) in [6.45, 7) is 0.385. The van der Waals surface area contributed by atoms with E-state index in [2.05, 4.69) is 36.4 Å². The normalized spacial score (nSPS) is 12.3. The Morgan fingerprint density at radius 2 is 1.57 bits per heavy atom. The number of ketones is 1. The Labute approximate surface area is 136 Å². The van der Waals surface area contributed by atoms with Crippen molar-refractivity contribution in [2.45, 2.75) is 19.4 Å². The maximum atomic E-state index is 12.5. The van der Waals surface area contributed by atoms with Gasteiger partial charge in [-0.25, -0.2) is 0 Å². The fraction of sp³-hybridized carbons (Fsp3) is 0.143. The van der Waals surface area contributed by atoms with Gasteiger partial charge < -0.3 is 0 Å². The molecule has 2 aromatic carbocycles. The smallest absolute Gasteiger partial charge is 0.227 e. The van der Waals surface area contributed by atoms with E-state index in [0.717, 1.165) is 18.4 Å². The summed E-state index contributed by atoms with van der Waals surface area (Å²) in [4.78, 5) is 12.5. The number of aryl methyl sites for hydroxylation is 2. The van der Waals surface area contributed by atoms with Crippen molar-refractivity contribution in [1.82, 2.24) is 0 Å². The molecule has 1 aliphatic carbocycles. The number of rotatable bonds is 3. The molecular formula is C21H18NO+. The molecule has 0 atom stereocenters. The minimum atomic E-state index is 0.155. The largest absolute Gasteiger partial charge is 0.287 e. The van der Waals surface area contributed by atoms with Crippen LogP contribution < -0.4 is 4.57 Å². The summed E-state index contributed by atoms with van der Waals surface area (Å²) in [6.07, 6.45) is 5.90. The van der Waals surface area contributed by atoms with Crippen LogP contribution in [0.2, 0.25) is 0 Å². The SMILES string of the molecule is O=C(C[n+]1ccccc1)c1ccc2c(c1)CCc1ccccc1-2. The summed E-state index contributed by atoms with van der Waals surface area (Å²) in [5.41, 5.74) is 6.08. The first-order valence-corrected chi connectivity index (χ1v) is 8.00. The van der Waals surface area contributed by atoms with Crippen molar-refractivity contribution in [3.8, 4) is 11.1 Å². The van der Waals surface area contributed by atoms with Crippen molar-refractivity contribution in [2.24, 2.45) is 0 Å². The third kappa shape index (κ3) is 2.68. The van der Waals surface area contributed by atoms with Gasteiger partial charge in [-0.3, -0.25) is 4.79 Å². The van der Waals surface area contributed by atoms with E-state index in [4.69, 9.17) is 0 Å². The quantitative estimate of drug-likeness (QED) is 0.534. The van der Waals surface area contributed by atoms with Crippen LogP contribution in [0.25, 0.3) is 11.1 Å². The molecule has 0 spiro atoms. The highest BCUT2D eigenvalue weighted by Gasteiger charge is 2.18. The van der Waals surface area contributed by atoms with Gasteiger partial charge in [0.1, 0.15) is 0 Å². The zero-order valence-corrected chi connectivity index (χ0v) is 12.9. The second-order valence-electron chi connectivity index (χ2n) is 6.00. The van der Waals surface area contributed by atoms with Gasteiger partial charge in [-0.05, 0) is 41.2 Å². The average Bonchev–Trinajstić information content (AvgIpc) is 2.62. The molecule has 1 aliphatic rings. The van der Waals surface area contributed by atoms with Crippen molar-refractivity contribution in [1.29, 1.82) is 0 Å². The minimum absolute atomic E-state index is 0.155. The molecule has 0 aliphatic heterocycles. The molecule has 0 saturated carbocycles. The summed E-state index contributed by atoms with van der Waals surface area (Å²) in [5, 5.41) is 0. The fourth-order valence-corrected chi connectivity index (χ4v) is 3.30. The van der Waals surface area contributed by atoms with Gasteiger partial charge in [0.05, 0.1) is 0 Å². The molecule has 2 nitrogen and oxygen atoms in total. The molecule has 2 heteroatoms. The highest BCUT2D eigenvalue weighted by atomic mass is 16.1. The lowest BCUT2D eigenvalue weighted by molar-refractivity contribution is -0.683. The first kappa shape index (κ1) is 13.9. The number of fused-ring (bicyclic) bond motifs is 3. The lowest BCUT2D eigenvalue weighted by Crippen LogP contribution is -2.36. The fourth-order valence-electron chi connectivity index (χ4n) is 3.30. The van der Waals surface area contributed by atoms with Crippen LogP contribution in [0.15, 0.2) is 73.1 Å². The topological polar surface area (TPSA) is 20.9 Å². The van der Waals surface area contributed by atoms with Gasteiger partial charge in [-0.15, -0.1) is 0 Å². The van der Waals surface area contributed by atoms with E-state index in [1.807, 2.05) is 41.2 Å². The van der Waals surface area contributed by atoms with Gasteiger partial charge in [0.25, 0.3) is 0 Å². The number of carbonyl (C=O) groups excluding carboxylic acids is 1. The number of pyridine rings is 1. The van der Waals surface area contributed by atoms with Crippen molar-refractivity contribution >= 4 is 5.78 Å². The van der Waals surface area contributed by atoms with Crippen molar-refractivity contribution < 1.29 is 9.36 Å². The van der Waals surface area contributed by atoms with Crippen LogP contribution >= 0.6 is 0 Å². The van der Waals surface area contributed by atoms with E-state index in [9.17, 15) is 4.79 Å². The molecule has 112 valence electrons. The zero-order valence-electron chi connectivity index (χ0n) is 12.9. The number of hydrogen-bond acceptors (Lipinski definition) is 1. The van der Waals surface area contributed by atoms with Gasteiger partial charge in [0.15, 0.2) is 12.4 Å². The van der Waals surface area contributed by atoms with E-state index >= 15 is 0 Å². The molecule has 4 rings (SSSR count). The summed E-state index contributed by atoms with van der Waals surface area (Å²) in [6, 6.07) is 20.5. The van der Waals surface area contributed by atoms with Gasteiger partial charge in [-0.2, -0.15) is 4.57 Å². The summed E-state index contributed by atoms with van der Waals surface area (Å²) < 4.78 is 1.91. The number of benzene rings is 2. The van der Waals surface area contributed by atoms with Crippen LogP contribution in [-0.4, -0.2) is 5.78 Å². The number of carbonyl (C=O) groups is 1. The first-order valence-electron chi connectivity index (χ1n) is 8.00. The van der Waals surface area contributed by atoms with Crippen molar-refractivity contribution in [2.75, 3.05) is 0 Å². The van der Waals surface area contributed by atoms with Crippen LogP contribution in [-0.2, 0) is 19.4 Å². The van der Waals surface area contributed by atoms with Gasteiger partial charge in [0.2, 0.25) is 12.3 Å². The van der Waals surface area contributed by atoms with E-state index in [1.54, 1.807) is 0 Å². The molecule has 0 fully saturated rings. The molecule has 0 amide bonds. The second-order valence-corrected chi connectivity index (χ2v) is 6.00. The predicted octanol–water partition coefficient (Wildman–Crippen LogP) is 3.62. The lowest BCUT2D eigenvalue weighted by Gasteiger charge is -2.20. The summed E-state index contributed by atoms with van der Waals surface area (Å²) >= 11 is 0. The Morgan fingerprint density at radius 1 is 0.826 bits per heavy atom. The van der Waals surface area contributed by atoms with E-state index in [1.165, 1.54) is 22.3 Å². The van der Waals surface area contributed by atoms with Gasteiger partial charge >= 0.3 is 0 Å². The third-order valence-electron chi connectivity index (χ3n) is 4.50. The highest BCUT2D eigenvalue weighted by Crippen LogP contribution is 2.33. The molecule has 0 unspecified atom stereocenters. The van der Waals surface area contributed by atoms with Crippen molar-refractivity contribution in [3.05, 3.63) is 89.7 Å². The molecule has 0 radical (unpaired) electrons. The standard InChI is InChI=1S/C21H18NO/c23-21(15-22-12-4-1-5-13-22)18-10-11-20-17(14-18)9-8-16-6-2-3-7-19(16)20/h1-7,10-14H,8-9,15H2/q+1. The Morgan fingerprint density at radius 3 is 2.43 bits per heavy atom. The molecular weight excluding hydrogens is 282 g/mol. The number of hydrogen-bond donors (Lipinski definition) is 0. The molecule has 1 aromatic heterocycles. The van der Waals surface area contributed by atoms with Crippen LogP contribution in [0, 0.1) is 0 Å². The molecule has 0 saturated heterocycles. The summed E-state index contributed by atoms with van der Waals surface area (Å²) in [5.74, 6) is 0.155. The zero-order chi connectivity index (χ0) is 15.6. The predicted molar refractivity (Wildman–Crippen MR) is 90.3 cm³/mol.